The lowest BCUT2D eigenvalue weighted by Gasteiger charge is -2.04. The van der Waals surface area contributed by atoms with Gasteiger partial charge in [0.1, 0.15) is 5.15 Å². The second kappa shape index (κ2) is 4.03. The summed E-state index contributed by atoms with van der Waals surface area (Å²) in [5.41, 5.74) is -0.837. The van der Waals surface area contributed by atoms with Crippen LogP contribution in [0.4, 0.5) is 0 Å². The van der Waals surface area contributed by atoms with Crippen molar-refractivity contribution >= 4 is 34.8 Å². The number of rotatable bonds is 2. The van der Waals surface area contributed by atoms with Crippen molar-refractivity contribution in [3.05, 3.63) is 32.9 Å². The van der Waals surface area contributed by atoms with Gasteiger partial charge in [0.25, 0.3) is 0 Å². The van der Waals surface area contributed by atoms with Crippen LogP contribution in [0.5, 0.6) is 0 Å². The van der Waals surface area contributed by atoms with Gasteiger partial charge in [-0.3, -0.25) is 0 Å². The van der Waals surface area contributed by atoms with Crippen molar-refractivity contribution in [2.45, 2.75) is 5.50 Å². The summed E-state index contributed by atoms with van der Waals surface area (Å²) in [6.45, 7) is 0. The first kappa shape index (κ1) is 9.71. The fourth-order valence-electron chi connectivity index (χ4n) is 0.691. The van der Waals surface area contributed by atoms with Crippen LogP contribution in [0.3, 0.4) is 0 Å². The Bertz CT molecular complexity index is 285. The van der Waals surface area contributed by atoms with Gasteiger partial charge < -0.3 is 0 Å². The zero-order valence-electron chi connectivity index (χ0n) is 5.67. The first-order valence-corrected chi connectivity index (χ1v) is 4.12. The Morgan fingerprint density at radius 1 is 1.50 bits per heavy atom. The van der Waals surface area contributed by atoms with Crippen molar-refractivity contribution in [2.24, 2.45) is 5.18 Å². The van der Waals surface area contributed by atoms with Gasteiger partial charge in [-0.25, -0.2) is 4.98 Å². The molecule has 1 atom stereocenters. The van der Waals surface area contributed by atoms with E-state index in [-0.39, 0.29) is 15.7 Å². The minimum atomic E-state index is -1.08. The largest absolute Gasteiger partial charge is 0.244 e. The molecule has 0 N–H and O–H groups in total. The van der Waals surface area contributed by atoms with Crippen LogP contribution in [-0.4, -0.2) is 4.98 Å². The number of hydrogen-bond acceptors (Lipinski definition) is 3. The molecule has 0 saturated heterocycles. The average molecular weight is 225 g/mol. The molecule has 0 saturated carbocycles. The highest BCUT2D eigenvalue weighted by Gasteiger charge is 2.16. The van der Waals surface area contributed by atoms with Crippen LogP contribution in [0, 0.1) is 4.91 Å². The molecule has 0 spiro atoms. The molecule has 1 unspecified atom stereocenters. The monoisotopic (exact) mass is 224 g/mol. The second-order valence-corrected chi connectivity index (χ2v) is 3.12. The van der Waals surface area contributed by atoms with E-state index >= 15 is 0 Å². The summed E-state index contributed by atoms with van der Waals surface area (Å²) in [5, 5.41) is 2.97. The molecule has 0 aliphatic heterocycles. The van der Waals surface area contributed by atoms with Gasteiger partial charge in [0.05, 0.1) is 10.6 Å². The summed E-state index contributed by atoms with van der Waals surface area (Å²) in [6, 6.07) is 1.49. The van der Waals surface area contributed by atoms with Gasteiger partial charge in [0.2, 0.25) is 0 Å². The van der Waals surface area contributed by atoms with Gasteiger partial charge in [-0.05, 0) is 11.2 Å². The van der Waals surface area contributed by atoms with Crippen molar-refractivity contribution in [2.75, 3.05) is 0 Å². The van der Waals surface area contributed by atoms with E-state index in [1.165, 1.54) is 12.3 Å². The smallest absolute Gasteiger partial charge is 0.194 e. The molecular weight excluding hydrogens is 222 g/mol. The van der Waals surface area contributed by atoms with Crippen molar-refractivity contribution in [3.63, 3.8) is 0 Å². The highest BCUT2D eigenvalue weighted by molar-refractivity contribution is 6.37. The predicted octanol–water partition coefficient (Wildman–Crippen LogP) is 3.39. The molecule has 6 heteroatoms. The second-order valence-electron chi connectivity index (χ2n) is 1.94. The SMILES string of the molecule is O=NC(Cl)c1c(Cl)ccnc1Cl. The fourth-order valence-corrected chi connectivity index (χ4v) is 1.58. The number of hydrogen-bond donors (Lipinski definition) is 0. The summed E-state index contributed by atoms with van der Waals surface area (Å²) < 4.78 is 0. The Hall–Kier alpha value is -0.380. The molecule has 0 aromatic carbocycles. The van der Waals surface area contributed by atoms with Gasteiger partial charge >= 0.3 is 0 Å². The lowest BCUT2D eigenvalue weighted by molar-refractivity contribution is 0.989. The first-order chi connectivity index (χ1) is 5.66. The first-order valence-electron chi connectivity index (χ1n) is 2.93. The third-order valence-corrected chi connectivity index (χ3v) is 2.15. The predicted molar refractivity (Wildman–Crippen MR) is 48.6 cm³/mol. The molecule has 0 fully saturated rings. The fraction of sp³-hybridized carbons (Fsp3) is 0.167. The number of aromatic nitrogens is 1. The maximum Gasteiger partial charge on any atom is 0.194 e. The Balaban J connectivity index is 3.20. The van der Waals surface area contributed by atoms with Crippen molar-refractivity contribution in [1.82, 2.24) is 4.98 Å². The van der Waals surface area contributed by atoms with Crippen LogP contribution in [0.1, 0.15) is 11.1 Å². The number of alkyl halides is 1. The molecule has 3 nitrogen and oxygen atoms in total. The summed E-state index contributed by atoms with van der Waals surface area (Å²) in [5.74, 6) is 0. The number of halogens is 3. The Morgan fingerprint density at radius 2 is 2.17 bits per heavy atom. The van der Waals surface area contributed by atoms with Crippen LogP contribution in [0.15, 0.2) is 17.4 Å². The summed E-state index contributed by atoms with van der Waals surface area (Å²) >= 11 is 16.8. The van der Waals surface area contributed by atoms with Gasteiger partial charge in [-0.1, -0.05) is 34.8 Å². The molecule has 0 amide bonds. The standard InChI is InChI=1S/C6H3Cl3N2O/c7-3-1-2-10-5(8)4(3)6(9)11-12/h1-2,6H. The van der Waals surface area contributed by atoms with Crippen molar-refractivity contribution in [3.8, 4) is 0 Å². The normalized spacial score (nSPS) is 12.6. The van der Waals surface area contributed by atoms with E-state index in [1.807, 2.05) is 0 Å². The topological polar surface area (TPSA) is 42.3 Å². The Labute approximate surface area is 83.6 Å². The quantitative estimate of drug-likeness (QED) is 0.335. The third-order valence-electron chi connectivity index (χ3n) is 1.22. The maximum absolute atomic E-state index is 10.1. The molecule has 0 aliphatic carbocycles. The van der Waals surface area contributed by atoms with E-state index in [0.29, 0.717) is 0 Å². The van der Waals surface area contributed by atoms with Crippen LogP contribution in [0.2, 0.25) is 10.2 Å². The third kappa shape index (κ3) is 1.86. The minimum absolute atomic E-state index is 0.0992. The molecular formula is C6H3Cl3N2O. The molecule has 1 aromatic rings. The van der Waals surface area contributed by atoms with Gasteiger partial charge in [0.15, 0.2) is 5.50 Å². The van der Waals surface area contributed by atoms with E-state index in [0.717, 1.165) is 0 Å². The molecule has 0 bridgehead atoms. The van der Waals surface area contributed by atoms with E-state index in [2.05, 4.69) is 10.2 Å². The van der Waals surface area contributed by atoms with Crippen LogP contribution < -0.4 is 0 Å². The molecule has 1 heterocycles. The summed E-state index contributed by atoms with van der Waals surface area (Å²) in [6.07, 6.45) is 1.42. The highest BCUT2D eigenvalue weighted by Crippen LogP contribution is 2.32. The van der Waals surface area contributed by atoms with E-state index in [9.17, 15) is 4.91 Å². The zero-order chi connectivity index (χ0) is 9.14. The number of nitroso groups, excluding NO2 is 1. The molecule has 64 valence electrons. The maximum atomic E-state index is 10.1. The highest BCUT2D eigenvalue weighted by atomic mass is 35.5. The lowest BCUT2D eigenvalue weighted by atomic mass is 10.3. The summed E-state index contributed by atoms with van der Waals surface area (Å²) in [4.78, 5) is 13.8. The molecule has 12 heavy (non-hydrogen) atoms. The molecule has 0 radical (unpaired) electrons. The van der Waals surface area contributed by atoms with Gasteiger partial charge in [0, 0.05) is 6.20 Å². The summed E-state index contributed by atoms with van der Waals surface area (Å²) in [7, 11) is 0. The molecule has 1 rings (SSSR count). The van der Waals surface area contributed by atoms with E-state index in [4.69, 9.17) is 34.8 Å². The zero-order valence-corrected chi connectivity index (χ0v) is 7.94. The van der Waals surface area contributed by atoms with Crippen LogP contribution in [-0.2, 0) is 0 Å². The minimum Gasteiger partial charge on any atom is -0.244 e. The Morgan fingerprint density at radius 3 is 2.67 bits per heavy atom. The number of pyridine rings is 1. The van der Waals surface area contributed by atoms with E-state index in [1.54, 1.807) is 0 Å². The van der Waals surface area contributed by atoms with Crippen molar-refractivity contribution in [1.29, 1.82) is 0 Å². The van der Waals surface area contributed by atoms with Crippen LogP contribution >= 0.6 is 34.8 Å². The average Bonchev–Trinajstić information content (AvgIpc) is 2.03. The lowest BCUT2D eigenvalue weighted by Crippen LogP contribution is -1.91. The molecule has 0 aliphatic rings. The van der Waals surface area contributed by atoms with Crippen molar-refractivity contribution < 1.29 is 0 Å². The van der Waals surface area contributed by atoms with Gasteiger partial charge in [-0.2, -0.15) is 0 Å². The van der Waals surface area contributed by atoms with Gasteiger partial charge in [-0.15, -0.1) is 4.91 Å². The Kier molecular flexibility index (Phi) is 3.26. The van der Waals surface area contributed by atoms with E-state index < -0.39 is 5.50 Å². The van der Waals surface area contributed by atoms with Crippen LogP contribution in [0.25, 0.3) is 0 Å². The number of nitrogens with zero attached hydrogens (tertiary/aromatic N) is 2. The molecule has 1 aromatic heterocycles.